The van der Waals surface area contributed by atoms with Crippen LogP contribution in [0.4, 0.5) is 10.1 Å². The molecule has 2 aromatic carbocycles. The lowest BCUT2D eigenvalue weighted by molar-refractivity contribution is 0.306. The van der Waals surface area contributed by atoms with Crippen LogP contribution in [0, 0.1) is 5.82 Å². The third-order valence-electron chi connectivity index (χ3n) is 2.67. The van der Waals surface area contributed by atoms with Gasteiger partial charge in [-0.3, -0.25) is 0 Å². The zero-order valence-electron chi connectivity index (χ0n) is 11.0. The molecule has 0 fully saturated rings. The normalized spacial score (nSPS) is 10.2. The number of ether oxygens (including phenoxy) is 2. The summed E-state index contributed by atoms with van der Waals surface area (Å²) in [5.74, 6) is 1.11. The lowest BCUT2D eigenvalue weighted by Crippen LogP contribution is -2.12. The Kier molecular flexibility index (Phi) is 5.24. The Morgan fingerprint density at radius 2 is 1.90 bits per heavy atom. The number of nitrogens with one attached hydrogen (secondary N) is 1. The molecule has 0 atom stereocenters. The number of benzene rings is 2. The monoisotopic (exact) mass is 339 g/mol. The van der Waals surface area contributed by atoms with E-state index in [1.807, 2.05) is 24.3 Å². The molecule has 0 amide bonds. The number of rotatable bonds is 6. The number of hydrogen-bond acceptors (Lipinski definition) is 3. The van der Waals surface area contributed by atoms with Crippen LogP contribution >= 0.6 is 15.9 Å². The van der Waals surface area contributed by atoms with Gasteiger partial charge in [-0.15, -0.1) is 0 Å². The first-order valence-corrected chi connectivity index (χ1v) is 6.95. The van der Waals surface area contributed by atoms with Gasteiger partial charge in [-0.25, -0.2) is 4.39 Å². The molecule has 20 heavy (non-hydrogen) atoms. The molecule has 106 valence electrons. The second-order valence-corrected chi connectivity index (χ2v) is 4.90. The van der Waals surface area contributed by atoms with Crippen molar-refractivity contribution < 1.29 is 13.9 Å². The fourth-order valence-electron chi connectivity index (χ4n) is 1.72. The highest BCUT2D eigenvalue weighted by molar-refractivity contribution is 9.10. The Morgan fingerprint density at radius 3 is 2.65 bits per heavy atom. The van der Waals surface area contributed by atoms with Gasteiger partial charge in [0.25, 0.3) is 0 Å². The van der Waals surface area contributed by atoms with Gasteiger partial charge in [0.1, 0.15) is 12.4 Å². The van der Waals surface area contributed by atoms with Crippen molar-refractivity contribution in [2.24, 2.45) is 0 Å². The lowest BCUT2D eigenvalue weighted by Gasteiger charge is -2.12. The fraction of sp³-hybridized carbons (Fsp3) is 0.200. The summed E-state index contributed by atoms with van der Waals surface area (Å²) in [6, 6.07) is 12.0. The molecule has 3 nitrogen and oxygen atoms in total. The highest BCUT2D eigenvalue weighted by Crippen LogP contribution is 2.26. The van der Waals surface area contributed by atoms with Gasteiger partial charge in [0.2, 0.25) is 0 Å². The number of methoxy groups -OCH3 is 1. The molecule has 0 aliphatic heterocycles. The van der Waals surface area contributed by atoms with Gasteiger partial charge in [0, 0.05) is 11.0 Å². The Labute approximate surface area is 125 Å². The third kappa shape index (κ3) is 3.87. The maximum absolute atomic E-state index is 13.1. The number of anilines is 1. The SMILES string of the molecule is COc1ccccc1OCCNc1cc(F)ccc1Br. The van der Waals surface area contributed by atoms with E-state index in [-0.39, 0.29) is 5.82 Å². The topological polar surface area (TPSA) is 30.5 Å². The molecule has 0 heterocycles. The van der Waals surface area contributed by atoms with Crippen LogP contribution in [0.25, 0.3) is 0 Å². The van der Waals surface area contributed by atoms with Gasteiger partial charge in [0.05, 0.1) is 12.8 Å². The van der Waals surface area contributed by atoms with Crippen LogP contribution in [0.5, 0.6) is 11.5 Å². The summed E-state index contributed by atoms with van der Waals surface area (Å²) in [6.07, 6.45) is 0. The van der Waals surface area contributed by atoms with E-state index in [0.29, 0.717) is 30.3 Å². The molecule has 0 spiro atoms. The Morgan fingerprint density at radius 1 is 1.15 bits per heavy atom. The molecule has 1 N–H and O–H groups in total. The van der Waals surface area contributed by atoms with Crippen molar-refractivity contribution in [2.45, 2.75) is 0 Å². The van der Waals surface area contributed by atoms with E-state index in [4.69, 9.17) is 9.47 Å². The Bertz CT molecular complexity index is 578. The molecule has 0 saturated carbocycles. The minimum absolute atomic E-state index is 0.277. The zero-order valence-corrected chi connectivity index (χ0v) is 12.6. The average Bonchev–Trinajstić information content (AvgIpc) is 2.47. The average molecular weight is 340 g/mol. The predicted molar refractivity (Wildman–Crippen MR) is 81.1 cm³/mol. The molecule has 0 aromatic heterocycles. The molecule has 0 saturated heterocycles. The van der Waals surface area contributed by atoms with Crippen LogP contribution in [-0.4, -0.2) is 20.3 Å². The van der Waals surface area contributed by atoms with Crippen molar-refractivity contribution in [3.05, 3.63) is 52.8 Å². The standard InChI is InChI=1S/C15H15BrFNO2/c1-19-14-4-2-3-5-15(14)20-9-8-18-13-10-11(17)6-7-12(13)16/h2-7,10,18H,8-9H2,1H3. The number of halogens is 2. The maximum Gasteiger partial charge on any atom is 0.161 e. The largest absolute Gasteiger partial charge is 0.493 e. The maximum atomic E-state index is 13.1. The van der Waals surface area contributed by atoms with Crippen LogP contribution < -0.4 is 14.8 Å². The van der Waals surface area contributed by atoms with Crippen molar-refractivity contribution in [3.63, 3.8) is 0 Å². The minimum atomic E-state index is -0.277. The molecule has 2 rings (SSSR count). The van der Waals surface area contributed by atoms with E-state index in [9.17, 15) is 4.39 Å². The van der Waals surface area contributed by atoms with Gasteiger partial charge in [0.15, 0.2) is 11.5 Å². The fourth-order valence-corrected chi connectivity index (χ4v) is 2.10. The van der Waals surface area contributed by atoms with E-state index < -0.39 is 0 Å². The molecule has 2 aromatic rings. The van der Waals surface area contributed by atoms with Crippen LogP contribution in [-0.2, 0) is 0 Å². The van der Waals surface area contributed by atoms with Crippen LogP contribution in [0.1, 0.15) is 0 Å². The summed E-state index contributed by atoms with van der Waals surface area (Å²) in [6.45, 7) is 1.00. The quantitative estimate of drug-likeness (QED) is 0.804. The van der Waals surface area contributed by atoms with Gasteiger partial charge in [-0.05, 0) is 46.3 Å². The minimum Gasteiger partial charge on any atom is -0.493 e. The van der Waals surface area contributed by atoms with Crippen molar-refractivity contribution in [3.8, 4) is 11.5 Å². The van der Waals surface area contributed by atoms with Crippen molar-refractivity contribution >= 4 is 21.6 Å². The van der Waals surface area contributed by atoms with E-state index in [2.05, 4.69) is 21.2 Å². The van der Waals surface area contributed by atoms with Gasteiger partial charge < -0.3 is 14.8 Å². The van der Waals surface area contributed by atoms with Crippen LogP contribution in [0.2, 0.25) is 0 Å². The lowest BCUT2D eigenvalue weighted by atomic mass is 10.3. The van der Waals surface area contributed by atoms with Crippen molar-refractivity contribution in [1.29, 1.82) is 0 Å². The molecule has 0 unspecified atom stereocenters. The van der Waals surface area contributed by atoms with Crippen molar-refractivity contribution in [2.75, 3.05) is 25.6 Å². The van der Waals surface area contributed by atoms with Gasteiger partial charge in [-0.1, -0.05) is 12.1 Å². The van der Waals surface area contributed by atoms with E-state index in [1.165, 1.54) is 12.1 Å². The van der Waals surface area contributed by atoms with Gasteiger partial charge >= 0.3 is 0 Å². The predicted octanol–water partition coefficient (Wildman–Crippen LogP) is 4.09. The van der Waals surface area contributed by atoms with Crippen LogP contribution in [0.3, 0.4) is 0 Å². The number of para-hydroxylation sites is 2. The molecule has 0 aliphatic rings. The van der Waals surface area contributed by atoms with Gasteiger partial charge in [-0.2, -0.15) is 0 Å². The van der Waals surface area contributed by atoms with E-state index in [0.717, 1.165) is 4.47 Å². The van der Waals surface area contributed by atoms with Crippen molar-refractivity contribution in [1.82, 2.24) is 0 Å². The first-order chi connectivity index (χ1) is 9.70. The highest BCUT2D eigenvalue weighted by atomic mass is 79.9. The summed E-state index contributed by atoms with van der Waals surface area (Å²) in [7, 11) is 1.60. The summed E-state index contributed by atoms with van der Waals surface area (Å²) in [5, 5.41) is 3.11. The third-order valence-corrected chi connectivity index (χ3v) is 3.36. The zero-order chi connectivity index (χ0) is 14.4. The first kappa shape index (κ1) is 14.7. The summed E-state index contributed by atoms with van der Waals surface area (Å²) in [4.78, 5) is 0. The molecule has 0 radical (unpaired) electrons. The second-order valence-electron chi connectivity index (χ2n) is 4.05. The number of hydrogen-bond donors (Lipinski definition) is 1. The molecule has 0 aliphatic carbocycles. The Balaban J connectivity index is 1.86. The first-order valence-electron chi connectivity index (χ1n) is 6.15. The van der Waals surface area contributed by atoms with E-state index in [1.54, 1.807) is 13.2 Å². The molecular weight excluding hydrogens is 325 g/mol. The second kappa shape index (κ2) is 7.14. The van der Waals surface area contributed by atoms with E-state index >= 15 is 0 Å². The molecular formula is C15H15BrFNO2. The smallest absolute Gasteiger partial charge is 0.161 e. The summed E-state index contributed by atoms with van der Waals surface area (Å²) in [5.41, 5.74) is 0.702. The summed E-state index contributed by atoms with van der Waals surface area (Å²) < 4.78 is 24.7. The van der Waals surface area contributed by atoms with Crippen LogP contribution in [0.15, 0.2) is 46.9 Å². The Hall–Kier alpha value is -1.75. The molecule has 0 bridgehead atoms. The molecule has 5 heteroatoms. The summed E-state index contributed by atoms with van der Waals surface area (Å²) >= 11 is 3.36. The highest BCUT2D eigenvalue weighted by Gasteiger charge is 2.03.